The molecule has 0 aliphatic heterocycles. The SMILES string of the molecule is CCCCOCCCNS(=O)(=O)c1ccc(C)s1. The fourth-order valence-corrected chi connectivity index (χ4v) is 3.76. The van der Waals surface area contributed by atoms with Gasteiger partial charge >= 0.3 is 0 Å². The van der Waals surface area contributed by atoms with Crippen LogP contribution in [-0.4, -0.2) is 28.2 Å². The zero-order valence-electron chi connectivity index (χ0n) is 10.9. The van der Waals surface area contributed by atoms with E-state index in [0.717, 1.165) is 24.3 Å². The number of sulfonamides is 1. The van der Waals surface area contributed by atoms with Crippen LogP contribution in [0.25, 0.3) is 0 Å². The number of rotatable bonds is 9. The lowest BCUT2D eigenvalue weighted by Gasteiger charge is -2.05. The molecule has 1 aromatic heterocycles. The molecule has 4 nitrogen and oxygen atoms in total. The monoisotopic (exact) mass is 291 g/mol. The van der Waals surface area contributed by atoms with E-state index in [1.165, 1.54) is 11.3 Å². The van der Waals surface area contributed by atoms with E-state index in [-0.39, 0.29) is 0 Å². The highest BCUT2D eigenvalue weighted by Gasteiger charge is 2.14. The molecule has 1 rings (SSSR count). The lowest BCUT2D eigenvalue weighted by atomic mass is 10.4. The zero-order chi connectivity index (χ0) is 13.4. The van der Waals surface area contributed by atoms with E-state index in [9.17, 15) is 8.42 Å². The lowest BCUT2D eigenvalue weighted by molar-refractivity contribution is 0.130. The minimum Gasteiger partial charge on any atom is -0.381 e. The van der Waals surface area contributed by atoms with Crippen LogP contribution in [0.15, 0.2) is 16.3 Å². The maximum Gasteiger partial charge on any atom is 0.250 e. The van der Waals surface area contributed by atoms with Crippen LogP contribution >= 0.6 is 11.3 Å². The quantitative estimate of drug-likeness (QED) is 0.711. The maximum absolute atomic E-state index is 11.8. The predicted octanol–water partition coefficient (Wildman–Crippen LogP) is 2.54. The van der Waals surface area contributed by atoms with Crippen molar-refractivity contribution in [3.8, 4) is 0 Å². The van der Waals surface area contributed by atoms with Gasteiger partial charge in [-0.3, -0.25) is 0 Å². The largest absolute Gasteiger partial charge is 0.381 e. The van der Waals surface area contributed by atoms with Crippen LogP contribution in [0.1, 0.15) is 31.1 Å². The van der Waals surface area contributed by atoms with Gasteiger partial charge in [0.25, 0.3) is 0 Å². The molecule has 0 amide bonds. The summed E-state index contributed by atoms with van der Waals surface area (Å²) in [7, 11) is -3.32. The second-order valence-electron chi connectivity index (χ2n) is 4.08. The Morgan fingerprint density at radius 2 is 2.00 bits per heavy atom. The van der Waals surface area contributed by atoms with Gasteiger partial charge in [-0.25, -0.2) is 13.1 Å². The summed E-state index contributed by atoms with van der Waals surface area (Å²) >= 11 is 1.29. The second kappa shape index (κ2) is 7.89. The van der Waals surface area contributed by atoms with E-state index in [1.54, 1.807) is 6.07 Å². The van der Waals surface area contributed by atoms with Crippen molar-refractivity contribution in [3.05, 3.63) is 17.0 Å². The van der Waals surface area contributed by atoms with Crippen LogP contribution in [0, 0.1) is 6.92 Å². The normalized spacial score (nSPS) is 11.9. The standard InChI is InChI=1S/C12H21NO3S2/c1-3-4-9-16-10-5-8-13-18(14,15)12-7-6-11(2)17-12/h6-7,13H,3-5,8-10H2,1-2H3. The van der Waals surface area contributed by atoms with Gasteiger partial charge in [0, 0.05) is 24.6 Å². The van der Waals surface area contributed by atoms with Crippen molar-refractivity contribution in [1.82, 2.24) is 4.72 Å². The number of thiophene rings is 1. The van der Waals surface area contributed by atoms with Gasteiger partial charge in [0.2, 0.25) is 10.0 Å². The summed E-state index contributed by atoms with van der Waals surface area (Å²) in [6.45, 7) is 5.79. The molecule has 0 aliphatic carbocycles. The lowest BCUT2D eigenvalue weighted by Crippen LogP contribution is -2.24. The van der Waals surface area contributed by atoms with Crippen molar-refractivity contribution >= 4 is 21.4 Å². The Morgan fingerprint density at radius 1 is 1.28 bits per heavy atom. The molecule has 0 bridgehead atoms. The highest BCUT2D eigenvalue weighted by Crippen LogP contribution is 2.19. The molecule has 0 unspecified atom stereocenters. The summed E-state index contributed by atoms with van der Waals surface area (Å²) in [6.07, 6.45) is 2.87. The van der Waals surface area contributed by atoms with Gasteiger partial charge in [-0.2, -0.15) is 0 Å². The summed E-state index contributed by atoms with van der Waals surface area (Å²) in [6, 6.07) is 3.45. The molecule has 0 aromatic carbocycles. The predicted molar refractivity (Wildman–Crippen MR) is 74.6 cm³/mol. The number of nitrogens with one attached hydrogen (secondary N) is 1. The maximum atomic E-state index is 11.8. The molecule has 1 heterocycles. The average Bonchev–Trinajstić information content (AvgIpc) is 2.75. The molecular formula is C12H21NO3S2. The summed E-state index contributed by atoms with van der Waals surface area (Å²) in [4.78, 5) is 0.998. The Balaban J connectivity index is 2.22. The van der Waals surface area contributed by atoms with Crippen molar-refractivity contribution in [2.75, 3.05) is 19.8 Å². The number of unbranched alkanes of at least 4 members (excludes halogenated alkanes) is 1. The first-order valence-electron chi connectivity index (χ1n) is 6.20. The Bertz CT molecular complexity index is 440. The summed E-state index contributed by atoms with van der Waals surface area (Å²) in [5, 5.41) is 0. The molecule has 0 spiro atoms. The summed E-state index contributed by atoms with van der Waals surface area (Å²) < 4.78 is 32.0. The second-order valence-corrected chi connectivity index (χ2v) is 7.36. The highest BCUT2D eigenvalue weighted by molar-refractivity contribution is 7.91. The number of hydrogen-bond donors (Lipinski definition) is 1. The Hall–Kier alpha value is -0.430. The minimum atomic E-state index is -3.32. The van der Waals surface area contributed by atoms with Crippen molar-refractivity contribution in [2.24, 2.45) is 0 Å². The van der Waals surface area contributed by atoms with Crippen molar-refractivity contribution in [3.63, 3.8) is 0 Å². The van der Waals surface area contributed by atoms with E-state index >= 15 is 0 Å². The molecule has 0 aliphatic rings. The van der Waals surface area contributed by atoms with Crippen molar-refractivity contribution in [2.45, 2.75) is 37.3 Å². The minimum absolute atomic E-state index is 0.381. The van der Waals surface area contributed by atoms with Gasteiger partial charge in [-0.15, -0.1) is 11.3 Å². The van der Waals surface area contributed by atoms with E-state index in [0.29, 0.717) is 23.8 Å². The van der Waals surface area contributed by atoms with Crippen LogP contribution in [0.4, 0.5) is 0 Å². The van der Waals surface area contributed by atoms with E-state index in [1.807, 2.05) is 13.0 Å². The fourth-order valence-electron chi connectivity index (χ4n) is 1.36. The smallest absolute Gasteiger partial charge is 0.250 e. The van der Waals surface area contributed by atoms with Gasteiger partial charge < -0.3 is 4.74 Å². The first-order valence-corrected chi connectivity index (χ1v) is 8.50. The molecular weight excluding hydrogens is 270 g/mol. The van der Waals surface area contributed by atoms with E-state index in [4.69, 9.17) is 4.74 Å². The average molecular weight is 291 g/mol. The highest BCUT2D eigenvalue weighted by atomic mass is 32.2. The molecule has 0 saturated heterocycles. The van der Waals surface area contributed by atoms with Gasteiger partial charge in [0.1, 0.15) is 4.21 Å². The van der Waals surface area contributed by atoms with Gasteiger partial charge in [-0.1, -0.05) is 13.3 Å². The molecule has 6 heteroatoms. The Morgan fingerprint density at radius 3 is 2.61 bits per heavy atom. The molecule has 0 saturated carbocycles. The number of ether oxygens (including phenoxy) is 1. The molecule has 1 N–H and O–H groups in total. The van der Waals surface area contributed by atoms with Crippen LogP contribution in [0.5, 0.6) is 0 Å². The van der Waals surface area contributed by atoms with Crippen LogP contribution < -0.4 is 4.72 Å². The Labute approximate surface area is 113 Å². The van der Waals surface area contributed by atoms with Crippen molar-refractivity contribution in [1.29, 1.82) is 0 Å². The number of hydrogen-bond acceptors (Lipinski definition) is 4. The summed E-state index contributed by atoms with van der Waals surface area (Å²) in [5.41, 5.74) is 0. The topological polar surface area (TPSA) is 55.4 Å². The van der Waals surface area contributed by atoms with Crippen LogP contribution in [0.3, 0.4) is 0 Å². The third-order valence-electron chi connectivity index (χ3n) is 2.38. The third kappa shape index (κ3) is 5.48. The fraction of sp³-hybridized carbons (Fsp3) is 0.667. The Kier molecular flexibility index (Phi) is 6.85. The van der Waals surface area contributed by atoms with Crippen LogP contribution in [-0.2, 0) is 14.8 Å². The molecule has 1 aromatic rings. The third-order valence-corrected chi connectivity index (χ3v) is 5.33. The zero-order valence-corrected chi connectivity index (χ0v) is 12.6. The number of aryl methyl sites for hydroxylation is 1. The van der Waals surface area contributed by atoms with E-state index in [2.05, 4.69) is 11.6 Å². The van der Waals surface area contributed by atoms with E-state index < -0.39 is 10.0 Å². The van der Waals surface area contributed by atoms with Crippen molar-refractivity contribution < 1.29 is 13.2 Å². The molecule has 18 heavy (non-hydrogen) atoms. The summed E-state index contributed by atoms with van der Waals surface area (Å²) in [5.74, 6) is 0. The van der Waals surface area contributed by atoms with Crippen LogP contribution in [0.2, 0.25) is 0 Å². The molecule has 0 radical (unpaired) electrons. The first kappa shape index (κ1) is 15.6. The van der Waals surface area contributed by atoms with Gasteiger partial charge in [0.05, 0.1) is 0 Å². The van der Waals surface area contributed by atoms with Gasteiger partial charge in [0.15, 0.2) is 0 Å². The molecule has 104 valence electrons. The first-order chi connectivity index (χ1) is 8.56. The molecule has 0 fully saturated rings. The molecule has 0 atom stereocenters. The van der Waals surface area contributed by atoms with Gasteiger partial charge in [-0.05, 0) is 31.9 Å².